The first-order valence-corrected chi connectivity index (χ1v) is 13.2. The maximum absolute atomic E-state index is 5.47. The van der Waals surface area contributed by atoms with Crippen LogP contribution in [0.5, 0.6) is 0 Å². The molecule has 0 amide bonds. The van der Waals surface area contributed by atoms with Crippen LogP contribution in [0.25, 0.3) is 32.7 Å². The van der Waals surface area contributed by atoms with Crippen LogP contribution in [0.15, 0.2) is 150 Å². The lowest BCUT2D eigenvalue weighted by molar-refractivity contribution is 1.41. The predicted octanol–water partition coefficient (Wildman–Crippen LogP) is 9.20. The third-order valence-corrected chi connectivity index (χ3v) is 7.58. The fraction of sp³-hybridized carbons (Fsp3) is 0. The minimum absolute atomic E-state index is 0.886. The van der Waals surface area contributed by atoms with Gasteiger partial charge in [0.05, 0.1) is 17.1 Å². The third-order valence-electron chi connectivity index (χ3n) is 7.58. The molecule has 8 rings (SSSR count). The van der Waals surface area contributed by atoms with Crippen molar-refractivity contribution < 1.29 is 0 Å². The molecule has 0 fully saturated rings. The van der Waals surface area contributed by atoms with E-state index in [2.05, 4.69) is 144 Å². The first kappa shape index (κ1) is 21.8. The Morgan fingerprint density at radius 3 is 2.00 bits per heavy atom. The lowest BCUT2D eigenvalue weighted by Crippen LogP contribution is -2.31. The molecule has 0 bridgehead atoms. The molecule has 2 heterocycles. The lowest BCUT2D eigenvalue weighted by Gasteiger charge is -2.23. The SMILES string of the molecule is c1ccc(C2=C3C(=Nc4ccccc43)N(c3cccc4ccccc34)C2=Nc2cccc3ccccc23)cc1. The topological polar surface area (TPSA) is 28.0 Å². The number of hydrogen-bond donors (Lipinski definition) is 0. The standard InChI is InChI=1S/C36H23N3/c1-2-14-26(15-3-1)33-34-29-20-8-9-21-31(29)38-36(34)39(32-23-11-17-25-13-5-7-19-28(25)32)35(33)37-30-22-10-16-24-12-4-6-18-27(24)30/h1-23H. The summed E-state index contributed by atoms with van der Waals surface area (Å²) in [7, 11) is 0. The lowest BCUT2D eigenvalue weighted by atomic mass is 9.96. The van der Waals surface area contributed by atoms with Crippen molar-refractivity contribution in [1.29, 1.82) is 0 Å². The number of hydrogen-bond acceptors (Lipinski definition) is 2. The van der Waals surface area contributed by atoms with Gasteiger partial charge in [-0.25, -0.2) is 9.98 Å². The zero-order valence-corrected chi connectivity index (χ0v) is 21.1. The summed E-state index contributed by atoms with van der Waals surface area (Å²) in [6.07, 6.45) is 0. The molecule has 0 saturated carbocycles. The van der Waals surface area contributed by atoms with Gasteiger partial charge in [0.1, 0.15) is 11.7 Å². The Labute approximate surface area is 226 Å². The number of amidine groups is 2. The van der Waals surface area contributed by atoms with Crippen molar-refractivity contribution in [2.45, 2.75) is 0 Å². The van der Waals surface area contributed by atoms with Crippen LogP contribution < -0.4 is 4.90 Å². The highest BCUT2D eigenvalue weighted by Crippen LogP contribution is 2.48. The number of aliphatic imine (C=N–C) groups is 2. The molecule has 2 aliphatic heterocycles. The average Bonchev–Trinajstić information content (AvgIpc) is 3.51. The molecule has 0 unspecified atom stereocenters. The number of anilines is 1. The number of benzene rings is 6. The summed E-state index contributed by atoms with van der Waals surface area (Å²) in [5.74, 6) is 1.81. The van der Waals surface area contributed by atoms with Crippen molar-refractivity contribution in [3.8, 4) is 0 Å². The fourth-order valence-corrected chi connectivity index (χ4v) is 5.84. The fourth-order valence-electron chi connectivity index (χ4n) is 5.84. The summed E-state index contributed by atoms with van der Waals surface area (Å²) in [6.45, 7) is 0. The van der Waals surface area contributed by atoms with Crippen LogP contribution in [0.4, 0.5) is 17.1 Å². The normalized spacial score (nSPS) is 15.2. The Morgan fingerprint density at radius 1 is 0.513 bits per heavy atom. The molecule has 6 aromatic carbocycles. The molecular formula is C36H23N3. The Kier molecular flexibility index (Phi) is 4.82. The van der Waals surface area contributed by atoms with E-state index < -0.39 is 0 Å². The van der Waals surface area contributed by atoms with Gasteiger partial charge in [0, 0.05) is 27.5 Å². The van der Waals surface area contributed by atoms with Gasteiger partial charge in [-0.2, -0.15) is 0 Å². The second-order valence-electron chi connectivity index (χ2n) is 9.84. The molecule has 0 aliphatic carbocycles. The summed E-state index contributed by atoms with van der Waals surface area (Å²) in [5.41, 5.74) is 7.49. The molecule has 2 aliphatic rings. The number of rotatable bonds is 3. The Morgan fingerprint density at radius 2 is 1.15 bits per heavy atom. The van der Waals surface area contributed by atoms with Crippen molar-refractivity contribution >= 4 is 61.4 Å². The second kappa shape index (κ2) is 8.64. The number of para-hydroxylation sites is 1. The second-order valence-corrected chi connectivity index (χ2v) is 9.84. The highest BCUT2D eigenvalue weighted by atomic mass is 15.3. The monoisotopic (exact) mass is 497 g/mol. The molecule has 0 saturated heterocycles. The Bertz CT molecular complexity index is 2000. The van der Waals surface area contributed by atoms with Crippen molar-refractivity contribution in [3.63, 3.8) is 0 Å². The molecule has 0 radical (unpaired) electrons. The van der Waals surface area contributed by atoms with Gasteiger partial charge in [0.25, 0.3) is 0 Å². The van der Waals surface area contributed by atoms with Crippen LogP contribution in [-0.4, -0.2) is 11.7 Å². The summed E-state index contributed by atoms with van der Waals surface area (Å²) in [6, 6.07) is 48.8. The molecule has 0 N–H and O–H groups in total. The van der Waals surface area contributed by atoms with Gasteiger partial charge < -0.3 is 0 Å². The van der Waals surface area contributed by atoms with E-state index in [1.54, 1.807) is 0 Å². The quantitative estimate of drug-likeness (QED) is 0.239. The van der Waals surface area contributed by atoms with Crippen molar-refractivity contribution in [2.75, 3.05) is 4.90 Å². The van der Waals surface area contributed by atoms with E-state index in [-0.39, 0.29) is 0 Å². The molecule has 182 valence electrons. The van der Waals surface area contributed by atoms with Crippen LogP contribution in [0.1, 0.15) is 11.1 Å². The van der Waals surface area contributed by atoms with Crippen molar-refractivity contribution in [3.05, 3.63) is 151 Å². The first-order valence-electron chi connectivity index (χ1n) is 13.2. The van der Waals surface area contributed by atoms with Gasteiger partial charge in [-0.3, -0.25) is 4.90 Å². The van der Waals surface area contributed by atoms with E-state index in [1.165, 1.54) is 10.8 Å². The minimum Gasteiger partial charge on any atom is -0.277 e. The van der Waals surface area contributed by atoms with Crippen molar-refractivity contribution in [2.24, 2.45) is 9.98 Å². The third kappa shape index (κ3) is 3.37. The summed E-state index contributed by atoms with van der Waals surface area (Å²) < 4.78 is 0. The van der Waals surface area contributed by atoms with E-state index in [9.17, 15) is 0 Å². The molecular weight excluding hydrogens is 474 g/mol. The first-order chi connectivity index (χ1) is 19.4. The average molecular weight is 498 g/mol. The van der Waals surface area contributed by atoms with E-state index >= 15 is 0 Å². The molecule has 3 nitrogen and oxygen atoms in total. The van der Waals surface area contributed by atoms with Crippen LogP contribution in [-0.2, 0) is 0 Å². The van der Waals surface area contributed by atoms with E-state index in [4.69, 9.17) is 9.98 Å². The maximum Gasteiger partial charge on any atom is 0.148 e. The van der Waals surface area contributed by atoms with E-state index in [1.807, 2.05) is 0 Å². The van der Waals surface area contributed by atoms with Gasteiger partial charge in [0.2, 0.25) is 0 Å². The number of nitrogens with zero attached hydrogens (tertiary/aromatic N) is 3. The summed E-state index contributed by atoms with van der Waals surface area (Å²) >= 11 is 0. The van der Waals surface area contributed by atoms with E-state index in [0.29, 0.717) is 0 Å². The van der Waals surface area contributed by atoms with E-state index in [0.717, 1.165) is 61.8 Å². The van der Waals surface area contributed by atoms with Crippen molar-refractivity contribution in [1.82, 2.24) is 0 Å². The van der Waals surface area contributed by atoms with Crippen LogP contribution in [0, 0.1) is 0 Å². The largest absolute Gasteiger partial charge is 0.277 e. The summed E-state index contributed by atoms with van der Waals surface area (Å²) in [5, 5.41) is 4.65. The smallest absolute Gasteiger partial charge is 0.148 e. The molecule has 3 heteroatoms. The number of fused-ring (bicyclic) bond motifs is 5. The highest BCUT2D eigenvalue weighted by molar-refractivity contribution is 6.61. The molecule has 0 atom stereocenters. The molecule has 6 aromatic rings. The maximum atomic E-state index is 5.47. The van der Waals surface area contributed by atoms with Gasteiger partial charge >= 0.3 is 0 Å². The summed E-state index contributed by atoms with van der Waals surface area (Å²) in [4.78, 5) is 12.9. The minimum atomic E-state index is 0.886. The van der Waals surface area contributed by atoms with Gasteiger partial charge in [-0.15, -0.1) is 0 Å². The zero-order chi connectivity index (χ0) is 25.8. The van der Waals surface area contributed by atoms with Crippen LogP contribution in [0.3, 0.4) is 0 Å². The molecule has 0 aromatic heterocycles. The molecule has 39 heavy (non-hydrogen) atoms. The Balaban J connectivity index is 1.49. The highest BCUT2D eigenvalue weighted by Gasteiger charge is 2.41. The molecule has 0 spiro atoms. The predicted molar refractivity (Wildman–Crippen MR) is 164 cm³/mol. The van der Waals surface area contributed by atoms with Gasteiger partial charge in [0.15, 0.2) is 0 Å². The van der Waals surface area contributed by atoms with Gasteiger partial charge in [-0.05, 0) is 34.5 Å². The van der Waals surface area contributed by atoms with Crippen LogP contribution >= 0.6 is 0 Å². The van der Waals surface area contributed by atoms with Gasteiger partial charge in [-0.1, -0.05) is 121 Å². The zero-order valence-electron chi connectivity index (χ0n) is 21.1. The Hall–Kier alpha value is -5.28. The van der Waals surface area contributed by atoms with Crippen LogP contribution in [0.2, 0.25) is 0 Å².